The highest BCUT2D eigenvalue weighted by molar-refractivity contribution is 6.31. The molecule has 0 aromatic heterocycles. The second-order valence-corrected chi connectivity index (χ2v) is 6.59. The van der Waals surface area contributed by atoms with Crippen molar-refractivity contribution < 1.29 is 9.59 Å². The van der Waals surface area contributed by atoms with E-state index in [1.807, 2.05) is 18.2 Å². The average molecular weight is 417 g/mol. The number of urea groups is 1. The quantitative estimate of drug-likeness (QED) is 0.472. The lowest BCUT2D eigenvalue weighted by molar-refractivity contribution is -0.116. The fourth-order valence-corrected chi connectivity index (χ4v) is 2.67. The first-order valence-electron chi connectivity index (χ1n) is 8.42. The van der Waals surface area contributed by atoms with Gasteiger partial charge in [-0.05, 0) is 42.3 Å². The monoisotopic (exact) mass is 416 g/mol. The fourth-order valence-electron chi connectivity index (χ4n) is 2.35. The van der Waals surface area contributed by atoms with Crippen LogP contribution in [0.5, 0.6) is 0 Å². The lowest BCUT2D eigenvalue weighted by atomic mass is 10.1. The minimum Gasteiger partial charge on any atom is -0.383 e. The molecule has 6 nitrogen and oxygen atoms in total. The Bertz CT molecular complexity index is 934. The van der Waals surface area contributed by atoms with Crippen molar-refractivity contribution in [3.63, 3.8) is 0 Å². The Balaban J connectivity index is 2.04. The van der Waals surface area contributed by atoms with Crippen LogP contribution < -0.4 is 16.0 Å². The first-order valence-corrected chi connectivity index (χ1v) is 9.18. The molecule has 0 aliphatic heterocycles. The van der Waals surface area contributed by atoms with Gasteiger partial charge in [0, 0.05) is 28.0 Å². The molecule has 0 heterocycles. The van der Waals surface area contributed by atoms with Crippen LogP contribution in [0.2, 0.25) is 10.0 Å². The summed E-state index contributed by atoms with van der Waals surface area (Å²) in [6.07, 6.45) is 0.416. The molecular formula is C20H18Cl2N4O2. The van der Waals surface area contributed by atoms with E-state index in [9.17, 15) is 14.9 Å². The van der Waals surface area contributed by atoms with Gasteiger partial charge >= 0.3 is 6.03 Å². The first kappa shape index (κ1) is 21.3. The third-order valence-electron chi connectivity index (χ3n) is 3.72. The topological polar surface area (TPSA) is 94.0 Å². The van der Waals surface area contributed by atoms with Gasteiger partial charge in [-0.25, -0.2) is 4.79 Å². The van der Waals surface area contributed by atoms with Gasteiger partial charge in [0.1, 0.15) is 11.6 Å². The predicted molar refractivity (Wildman–Crippen MR) is 110 cm³/mol. The smallest absolute Gasteiger partial charge is 0.326 e. The third kappa shape index (κ3) is 6.31. The molecule has 28 heavy (non-hydrogen) atoms. The maximum Gasteiger partial charge on any atom is 0.326 e. The summed E-state index contributed by atoms with van der Waals surface area (Å²) in [5, 5.41) is 18.2. The summed E-state index contributed by atoms with van der Waals surface area (Å²) in [6.45, 7) is 2.22. The molecule has 0 radical (unpaired) electrons. The molecule has 2 rings (SSSR count). The van der Waals surface area contributed by atoms with E-state index in [-0.39, 0.29) is 5.57 Å². The molecule has 0 unspecified atom stereocenters. The van der Waals surface area contributed by atoms with Crippen LogP contribution in [0.15, 0.2) is 59.8 Å². The summed E-state index contributed by atoms with van der Waals surface area (Å²) in [7, 11) is 0. The zero-order valence-electron chi connectivity index (χ0n) is 15.1. The van der Waals surface area contributed by atoms with E-state index in [1.165, 1.54) is 6.07 Å². The number of hydrogen-bond donors (Lipinski definition) is 3. The van der Waals surface area contributed by atoms with Crippen LogP contribution >= 0.6 is 23.2 Å². The van der Waals surface area contributed by atoms with Gasteiger partial charge in [-0.1, -0.05) is 48.3 Å². The standard InChI is InChI=1S/C20H18Cl2N4O2/c1-2-18(24-12-13-6-8-14(21)9-7-13)17(11-23)19(27)26-20(28)25-16-5-3-4-15(22)10-16/h3-10,24H,2,12H2,1H3,(H2,25,26,27,28)/b18-17+. The second-order valence-electron chi connectivity index (χ2n) is 5.72. The third-order valence-corrected chi connectivity index (χ3v) is 4.21. The predicted octanol–water partition coefficient (Wildman–Crippen LogP) is 4.62. The summed E-state index contributed by atoms with van der Waals surface area (Å²) in [5.41, 5.74) is 1.65. The molecule has 2 aromatic rings. The van der Waals surface area contributed by atoms with Crippen LogP contribution in [0.3, 0.4) is 0 Å². The van der Waals surface area contributed by atoms with Gasteiger partial charge in [0.25, 0.3) is 5.91 Å². The van der Waals surface area contributed by atoms with Crippen molar-refractivity contribution in [2.45, 2.75) is 19.9 Å². The largest absolute Gasteiger partial charge is 0.383 e. The van der Waals surface area contributed by atoms with Crippen molar-refractivity contribution in [2.75, 3.05) is 5.32 Å². The summed E-state index contributed by atoms with van der Waals surface area (Å²) >= 11 is 11.7. The van der Waals surface area contributed by atoms with E-state index >= 15 is 0 Å². The Hall–Kier alpha value is -3.01. The number of nitriles is 1. The van der Waals surface area contributed by atoms with Crippen LogP contribution in [0.1, 0.15) is 18.9 Å². The van der Waals surface area contributed by atoms with Crippen molar-refractivity contribution in [2.24, 2.45) is 0 Å². The van der Waals surface area contributed by atoms with Crippen molar-refractivity contribution >= 4 is 40.8 Å². The van der Waals surface area contributed by atoms with Gasteiger partial charge < -0.3 is 10.6 Å². The maximum atomic E-state index is 12.4. The number of nitrogens with zero attached hydrogens (tertiary/aromatic N) is 1. The summed E-state index contributed by atoms with van der Waals surface area (Å²) in [4.78, 5) is 24.4. The van der Waals surface area contributed by atoms with Crippen LogP contribution in [0.4, 0.5) is 10.5 Å². The summed E-state index contributed by atoms with van der Waals surface area (Å²) < 4.78 is 0. The number of rotatable bonds is 6. The molecule has 0 aliphatic carbocycles. The Morgan fingerprint density at radius 2 is 1.79 bits per heavy atom. The number of nitrogens with one attached hydrogen (secondary N) is 3. The van der Waals surface area contributed by atoms with E-state index < -0.39 is 11.9 Å². The van der Waals surface area contributed by atoms with Crippen molar-refractivity contribution in [1.82, 2.24) is 10.6 Å². The molecule has 0 saturated heterocycles. The molecule has 3 N–H and O–H groups in total. The van der Waals surface area contributed by atoms with Crippen LogP contribution in [0.25, 0.3) is 0 Å². The van der Waals surface area contributed by atoms with Gasteiger partial charge in [-0.2, -0.15) is 5.26 Å². The first-order chi connectivity index (χ1) is 13.4. The maximum absolute atomic E-state index is 12.4. The van der Waals surface area contributed by atoms with Gasteiger partial charge in [-0.15, -0.1) is 0 Å². The van der Waals surface area contributed by atoms with Crippen molar-refractivity contribution in [3.8, 4) is 6.07 Å². The second kappa shape index (κ2) is 10.4. The number of anilines is 1. The Kier molecular flexibility index (Phi) is 7.88. The molecule has 0 atom stereocenters. The molecule has 8 heteroatoms. The minimum absolute atomic E-state index is 0.155. The van der Waals surface area contributed by atoms with Gasteiger partial charge in [0.2, 0.25) is 0 Å². The van der Waals surface area contributed by atoms with Crippen molar-refractivity contribution in [3.05, 3.63) is 75.4 Å². The Morgan fingerprint density at radius 3 is 2.39 bits per heavy atom. The molecule has 0 saturated carbocycles. The Morgan fingerprint density at radius 1 is 1.07 bits per heavy atom. The van der Waals surface area contributed by atoms with Gasteiger partial charge in [-0.3, -0.25) is 10.1 Å². The fraction of sp³-hybridized carbons (Fsp3) is 0.150. The minimum atomic E-state index is -0.789. The number of halogens is 2. The van der Waals surface area contributed by atoms with Crippen molar-refractivity contribution in [1.29, 1.82) is 5.26 Å². The molecule has 3 amide bonds. The van der Waals surface area contributed by atoms with Gasteiger partial charge in [0.15, 0.2) is 0 Å². The number of amides is 3. The SMILES string of the molecule is CC/C(NCc1ccc(Cl)cc1)=C(/C#N)C(=O)NC(=O)Nc1cccc(Cl)c1. The van der Waals surface area contributed by atoms with E-state index in [0.29, 0.717) is 34.4 Å². The molecule has 144 valence electrons. The van der Waals surface area contributed by atoms with E-state index in [2.05, 4.69) is 16.0 Å². The highest BCUT2D eigenvalue weighted by Crippen LogP contribution is 2.15. The van der Waals surface area contributed by atoms with Crippen LogP contribution in [-0.4, -0.2) is 11.9 Å². The Labute approximate surface area is 173 Å². The number of allylic oxidation sites excluding steroid dienone is 1. The molecule has 0 aliphatic rings. The number of imide groups is 1. The zero-order chi connectivity index (χ0) is 20.5. The number of carbonyl (C=O) groups excluding carboxylic acids is 2. The van der Waals surface area contributed by atoms with E-state index in [0.717, 1.165) is 5.56 Å². The highest BCUT2D eigenvalue weighted by Gasteiger charge is 2.17. The summed E-state index contributed by atoms with van der Waals surface area (Å²) in [5.74, 6) is -0.789. The molecule has 2 aromatic carbocycles. The summed E-state index contributed by atoms with van der Waals surface area (Å²) in [6, 6.07) is 14.8. The van der Waals surface area contributed by atoms with E-state index in [4.69, 9.17) is 23.2 Å². The number of benzene rings is 2. The van der Waals surface area contributed by atoms with E-state index in [1.54, 1.807) is 37.3 Å². The number of hydrogen-bond acceptors (Lipinski definition) is 4. The normalized spacial score (nSPS) is 11.1. The van der Waals surface area contributed by atoms with Crippen LogP contribution in [0, 0.1) is 11.3 Å². The average Bonchev–Trinajstić information content (AvgIpc) is 2.66. The molecule has 0 bridgehead atoms. The van der Waals surface area contributed by atoms with Gasteiger partial charge in [0.05, 0.1) is 0 Å². The number of carbonyl (C=O) groups is 2. The lowest BCUT2D eigenvalue weighted by Gasteiger charge is -2.12. The molecule has 0 fully saturated rings. The lowest BCUT2D eigenvalue weighted by Crippen LogP contribution is -2.36. The molecular weight excluding hydrogens is 399 g/mol. The highest BCUT2D eigenvalue weighted by atomic mass is 35.5. The zero-order valence-corrected chi connectivity index (χ0v) is 16.6. The molecule has 0 spiro atoms. The van der Waals surface area contributed by atoms with Crippen LogP contribution in [-0.2, 0) is 11.3 Å².